The summed E-state index contributed by atoms with van der Waals surface area (Å²) in [5.74, 6) is 0. The fraction of sp³-hybridized carbons (Fsp3) is 0.222. The molecule has 0 fully saturated rings. The van der Waals surface area contributed by atoms with Crippen LogP contribution in [0, 0.1) is 6.92 Å². The van der Waals surface area contributed by atoms with Gasteiger partial charge in [-0.15, -0.1) is 0 Å². The van der Waals surface area contributed by atoms with E-state index in [1.165, 1.54) is 33.4 Å². The van der Waals surface area contributed by atoms with Crippen LogP contribution in [0.15, 0.2) is 79.0 Å². The van der Waals surface area contributed by atoms with Crippen molar-refractivity contribution in [1.29, 1.82) is 0 Å². The Kier molecular flexibility index (Phi) is 6.60. The van der Waals surface area contributed by atoms with Crippen molar-refractivity contribution in [3.63, 3.8) is 0 Å². The number of benzene rings is 3. The lowest BCUT2D eigenvalue weighted by Crippen LogP contribution is -2.13. The molecule has 0 atom stereocenters. The second-order valence-electron chi connectivity index (χ2n) is 8.33. The van der Waals surface area contributed by atoms with E-state index in [1.54, 1.807) is 0 Å². The Hall–Kier alpha value is -3.21. The molecule has 4 aromatic rings. The summed E-state index contributed by atoms with van der Waals surface area (Å²) in [6.45, 7) is 4.62. The maximum atomic E-state index is 4.27. The lowest BCUT2D eigenvalue weighted by Gasteiger charge is -2.13. The average molecular weight is 411 g/mol. The number of rotatable bonds is 8. The molecule has 4 nitrogen and oxygen atoms in total. The number of nitrogens with zero attached hydrogens (tertiary/aromatic N) is 2. The van der Waals surface area contributed by atoms with Gasteiger partial charge in [0.25, 0.3) is 0 Å². The zero-order valence-corrected chi connectivity index (χ0v) is 18.5. The van der Waals surface area contributed by atoms with Gasteiger partial charge in [-0.2, -0.15) is 5.10 Å². The van der Waals surface area contributed by atoms with E-state index in [0.29, 0.717) is 0 Å². The minimum absolute atomic E-state index is 0.760. The number of hydrogen-bond acceptors (Lipinski definition) is 3. The van der Waals surface area contributed by atoms with Crippen LogP contribution in [0.4, 0.5) is 0 Å². The van der Waals surface area contributed by atoms with Crippen LogP contribution in [0.1, 0.15) is 22.3 Å². The maximum Gasteiger partial charge on any atom is 0.0695 e. The van der Waals surface area contributed by atoms with Crippen LogP contribution in [0.5, 0.6) is 0 Å². The molecule has 0 spiro atoms. The fourth-order valence-corrected chi connectivity index (χ4v) is 3.86. The molecule has 4 rings (SSSR count). The van der Waals surface area contributed by atoms with E-state index in [2.05, 4.69) is 114 Å². The molecule has 31 heavy (non-hydrogen) atoms. The molecule has 0 saturated heterocycles. The van der Waals surface area contributed by atoms with Gasteiger partial charge < -0.3 is 10.2 Å². The Morgan fingerprint density at radius 2 is 1.48 bits per heavy atom. The monoisotopic (exact) mass is 410 g/mol. The van der Waals surface area contributed by atoms with Crippen molar-refractivity contribution in [2.24, 2.45) is 0 Å². The van der Waals surface area contributed by atoms with Gasteiger partial charge in [0.05, 0.1) is 11.9 Å². The molecule has 1 heterocycles. The topological polar surface area (TPSA) is 44.0 Å². The Balaban J connectivity index is 1.45. The maximum absolute atomic E-state index is 4.27. The molecule has 3 aromatic carbocycles. The minimum Gasteiger partial charge on any atom is -0.308 e. The van der Waals surface area contributed by atoms with Crippen LogP contribution in [0.25, 0.3) is 22.4 Å². The molecular weight excluding hydrogens is 380 g/mol. The number of aryl methyl sites for hydroxylation is 1. The van der Waals surface area contributed by atoms with Crippen LogP contribution < -0.4 is 5.32 Å². The first-order valence-corrected chi connectivity index (χ1v) is 10.7. The third-order valence-electron chi connectivity index (χ3n) is 5.47. The molecule has 0 amide bonds. The molecular formula is C27H30N4. The highest BCUT2D eigenvalue weighted by molar-refractivity contribution is 5.67. The number of H-pyrrole nitrogens is 1. The second-order valence-corrected chi connectivity index (χ2v) is 8.33. The number of nitrogens with one attached hydrogen (secondary N) is 2. The highest BCUT2D eigenvalue weighted by atomic mass is 15.1. The number of aromatic amines is 1. The normalized spacial score (nSPS) is 11.2. The summed E-state index contributed by atoms with van der Waals surface area (Å²) in [5, 5.41) is 11.0. The van der Waals surface area contributed by atoms with Crippen LogP contribution >= 0.6 is 0 Å². The van der Waals surface area contributed by atoms with Crippen molar-refractivity contribution in [3.8, 4) is 22.4 Å². The molecule has 0 bridgehead atoms. The van der Waals surface area contributed by atoms with Gasteiger partial charge in [0.2, 0.25) is 0 Å². The Morgan fingerprint density at radius 3 is 2.23 bits per heavy atom. The van der Waals surface area contributed by atoms with Crippen LogP contribution in [0.2, 0.25) is 0 Å². The van der Waals surface area contributed by atoms with Gasteiger partial charge in [-0.25, -0.2) is 0 Å². The Morgan fingerprint density at radius 1 is 0.806 bits per heavy atom. The number of hydrogen-bond donors (Lipinski definition) is 2. The first-order valence-electron chi connectivity index (χ1n) is 10.7. The molecule has 0 unspecified atom stereocenters. The lowest BCUT2D eigenvalue weighted by molar-refractivity contribution is 0.402. The summed E-state index contributed by atoms with van der Waals surface area (Å²) in [4.78, 5) is 2.19. The average Bonchev–Trinajstić information content (AvgIpc) is 3.23. The first-order chi connectivity index (χ1) is 15.1. The van der Waals surface area contributed by atoms with Gasteiger partial charge in [-0.3, -0.25) is 5.10 Å². The van der Waals surface area contributed by atoms with Gasteiger partial charge in [0.15, 0.2) is 0 Å². The van der Waals surface area contributed by atoms with Crippen molar-refractivity contribution < 1.29 is 0 Å². The minimum atomic E-state index is 0.760. The third-order valence-corrected chi connectivity index (χ3v) is 5.47. The SMILES string of the molecule is Cc1ccc(-c2[nH]ncc2CNCc2ccccc2-c2ccc(CN(C)C)cc2)cc1. The van der Waals surface area contributed by atoms with Crippen molar-refractivity contribution in [2.45, 2.75) is 26.6 Å². The summed E-state index contributed by atoms with van der Waals surface area (Å²) in [5.41, 5.74) is 9.83. The van der Waals surface area contributed by atoms with Crippen LogP contribution in [-0.2, 0) is 19.6 Å². The molecule has 158 valence electrons. The Labute approximate surface area is 184 Å². The summed E-state index contributed by atoms with van der Waals surface area (Å²) in [6.07, 6.45) is 1.91. The standard InChI is InChI=1S/C27H30N4/c1-20-8-12-23(13-9-20)27-25(18-29-30-27)17-28-16-24-6-4-5-7-26(24)22-14-10-21(11-15-22)19-31(2)3/h4-15,18,28H,16-17,19H2,1-3H3,(H,29,30). The molecule has 0 aliphatic heterocycles. The predicted octanol–water partition coefficient (Wildman–Crippen LogP) is 5.40. The van der Waals surface area contributed by atoms with Gasteiger partial charge in [-0.1, -0.05) is 78.4 Å². The zero-order chi connectivity index (χ0) is 21.6. The molecule has 0 aliphatic carbocycles. The summed E-state index contributed by atoms with van der Waals surface area (Å²) < 4.78 is 0. The second kappa shape index (κ2) is 9.73. The van der Waals surface area contributed by atoms with Crippen molar-refractivity contribution in [2.75, 3.05) is 14.1 Å². The smallest absolute Gasteiger partial charge is 0.0695 e. The highest BCUT2D eigenvalue weighted by Crippen LogP contribution is 2.25. The lowest BCUT2D eigenvalue weighted by atomic mass is 9.98. The molecule has 0 aliphatic rings. The molecule has 1 aromatic heterocycles. The van der Waals surface area contributed by atoms with Gasteiger partial charge >= 0.3 is 0 Å². The van der Waals surface area contributed by atoms with Crippen molar-refractivity contribution >= 4 is 0 Å². The van der Waals surface area contributed by atoms with Gasteiger partial charge in [0, 0.05) is 25.2 Å². The highest BCUT2D eigenvalue weighted by Gasteiger charge is 2.09. The third kappa shape index (κ3) is 5.29. The molecule has 0 saturated carbocycles. The van der Waals surface area contributed by atoms with E-state index < -0.39 is 0 Å². The Bertz CT molecular complexity index is 1110. The predicted molar refractivity (Wildman–Crippen MR) is 129 cm³/mol. The van der Waals surface area contributed by atoms with E-state index in [0.717, 1.165) is 30.9 Å². The number of aromatic nitrogens is 2. The fourth-order valence-electron chi connectivity index (χ4n) is 3.86. The van der Waals surface area contributed by atoms with Crippen molar-refractivity contribution in [3.05, 3.63) is 101 Å². The summed E-state index contributed by atoms with van der Waals surface area (Å²) in [6, 6.07) is 26.1. The van der Waals surface area contributed by atoms with E-state index in [9.17, 15) is 0 Å². The first kappa shape index (κ1) is 21.0. The quantitative estimate of drug-likeness (QED) is 0.409. The van der Waals surface area contributed by atoms with Crippen molar-refractivity contribution in [1.82, 2.24) is 20.4 Å². The van der Waals surface area contributed by atoms with E-state index in [4.69, 9.17) is 0 Å². The van der Waals surface area contributed by atoms with Gasteiger partial charge in [0.1, 0.15) is 0 Å². The van der Waals surface area contributed by atoms with Crippen LogP contribution in [-0.4, -0.2) is 29.2 Å². The van der Waals surface area contributed by atoms with Crippen LogP contribution in [0.3, 0.4) is 0 Å². The largest absolute Gasteiger partial charge is 0.308 e. The summed E-state index contributed by atoms with van der Waals surface area (Å²) >= 11 is 0. The van der Waals surface area contributed by atoms with E-state index in [-0.39, 0.29) is 0 Å². The van der Waals surface area contributed by atoms with E-state index >= 15 is 0 Å². The molecule has 2 N–H and O–H groups in total. The van der Waals surface area contributed by atoms with Gasteiger partial charge in [-0.05, 0) is 48.8 Å². The summed E-state index contributed by atoms with van der Waals surface area (Å²) in [7, 11) is 4.19. The zero-order valence-electron chi connectivity index (χ0n) is 18.5. The van der Waals surface area contributed by atoms with E-state index in [1.807, 2.05) is 6.20 Å². The molecule has 0 radical (unpaired) electrons. The molecule has 4 heteroatoms.